The lowest BCUT2D eigenvalue weighted by molar-refractivity contribution is 0.215. The summed E-state index contributed by atoms with van der Waals surface area (Å²) in [5.41, 5.74) is 1.16. The monoisotopic (exact) mass is 201 g/mol. The number of hydrogen-bond acceptors (Lipinski definition) is 3. The molecule has 0 aliphatic heterocycles. The molecular formula is C12H11NO2. The van der Waals surface area contributed by atoms with Crippen LogP contribution in [-0.4, -0.2) is 15.2 Å². The van der Waals surface area contributed by atoms with E-state index in [1.165, 1.54) is 0 Å². The van der Waals surface area contributed by atoms with Crippen LogP contribution in [0.4, 0.5) is 0 Å². The van der Waals surface area contributed by atoms with Crippen molar-refractivity contribution in [2.45, 2.75) is 6.10 Å². The number of rotatable bonds is 2. The van der Waals surface area contributed by atoms with Gasteiger partial charge in [0.2, 0.25) is 0 Å². The summed E-state index contributed by atoms with van der Waals surface area (Å²) in [6.45, 7) is 0. The van der Waals surface area contributed by atoms with Crippen LogP contribution in [0.3, 0.4) is 0 Å². The van der Waals surface area contributed by atoms with Crippen molar-refractivity contribution in [3.05, 3.63) is 59.9 Å². The number of nitrogens with zero attached hydrogens (tertiary/aromatic N) is 1. The maximum Gasteiger partial charge on any atom is 0.121 e. The molecule has 0 fully saturated rings. The Morgan fingerprint density at radius 2 is 1.87 bits per heavy atom. The lowest BCUT2D eigenvalue weighted by Gasteiger charge is -2.11. The van der Waals surface area contributed by atoms with Crippen LogP contribution in [0.2, 0.25) is 0 Å². The SMILES string of the molecule is Oc1ccccc1C(O)c1cccnc1. The van der Waals surface area contributed by atoms with Crippen molar-refractivity contribution in [2.75, 3.05) is 0 Å². The summed E-state index contributed by atoms with van der Waals surface area (Å²) < 4.78 is 0. The maximum atomic E-state index is 9.97. The normalized spacial score (nSPS) is 12.3. The number of para-hydroxylation sites is 1. The molecule has 2 aromatic rings. The molecule has 0 saturated carbocycles. The average Bonchev–Trinajstić information content (AvgIpc) is 2.30. The Morgan fingerprint density at radius 3 is 2.53 bits per heavy atom. The van der Waals surface area contributed by atoms with Crippen LogP contribution >= 0.6 is 0 Å². The zero-order chi connectivity index (χ0) is 10.7. The number of pyridine rings is 1. The third-order valence-electron chi connectivity index (χ3n) is 2.23. The van der Waals surface area contributed by atoms with Crippen molar-refractivity contribution in [1.82, 2.24) is 4.98 Å². The van der Waals surface area contributed by atoms with E-state index in [1.807, 2.05) is 0 Å². The van der Waals surface area contributed by atoms with Gasteiger partial charge in [0, 0.05) is 23.5 Å². The van der Waals surface area contributed by atoms with Gasteiger partial charge >= 0.3 is 0 Å². The molecule has 0 amide bonds. The quantitative estimate of drug-likeness (QED) is 0.779. The minimum absolute atomic E-state index is 0.0915. The second-order valence-corrected chi connectivity index (χ2v) is 3.25. The predicted octanol–water partition coefficient (Wildman–Crippen LogP) is 1.87. The molecule has 1 heterocycles. The molecule has 0 radical (unpaired) electrons. The van der Waals surface area contributed by atoms with E-state index in [-0.39, 0.29) is 5.75 Å². The summed E-state index contributed by atoms with van der Waals surface area (Å²) in [4.78, 5) is 3.92. The van der Waals surface area contributed by atoms with Gasteiger partial charge in [-0.1, -0.05) is 24.3 Å². The molecular weight excluding hydrogens is 190 g/mol. The van der Waals surface area contributed by atoms with Gasteiger partial charge in [-0.25, -0.2) is 0 Å². The van der Waals surface area contributed by atoms with Gasteiger partial charge in [-0.05, 0) is 12.1 Å². The third kappa shape index (κ3) is 1.97. The molecule has 0 spiro atoms. The summed E-state index contributed by atoms with van der Waals surface area (Å²) >= 11 is 0. The number of aromatic hydroxyl groups is 1. The second-order valence-electron chi connectivity index (χ2n) is 3.25. The maximum absolute atomic E-state index is 9.97. The van der Waals surface area contributed by atoms with Gasteiger partial charge < -0.3 is 10.2 Å². The Hall–Kier alpha value is -1.87. The van der Waals surface area contributed by atoms with E-state index in [0.717, 1.165) is 0 Å². The molecule has 3 nitrogen and oxygen atoms in total. The predicted molar refractivity (Wildman–Crippen MR) is 56.4 cm³/mol. The molecule has 1 aromatic heterocycles. The van der Waals surface area contributed by atoms with Gasteiger partial charge in [0.05, 0.1) is 0 Å². The number of aliphatic hydroxyl groups excluding tert-OH is 1. The molecule has 76 valence electrons. The minimum atomic E-state index is -0.833. The van der Waals surface area contributed by atoms with Gasteiger partial charge in [-0.15, -0.1) is 0 Å². The highest BCUT2D eigenvalue weighted by Crippen LogP contribution is 2.27. The fraction of sp³-hybridized carbons (Fsp3) is 0.0833. The fourth-order valence-electron chi connectivity index (χ4n) is 1.44. The highest BCUT2D eigenvalue weighted by atomic mass is 16.3. The Morgan fingerprint density at radius 1 is 1.07 bits per heavy atom. The van der Waals surface area contributed by atoms with Gasteiger partial charge in [0.15, 0.2) is 0 Å². The second kappa shape index (κ2) is 4.11. The number of hydrogen-bond donors (Lipinski definition) is 2. The van der Waals surface area contributed by atoms with Crippen molar-refractivity contribution in [1.29, 1.82) is 0 Å². The zero-order valence-electron chi connectivity index (χ0n) is 8.04. The Kier molecular flexibility index (Phi) is 2.65. The molecule has 3 heteroatoms. The van der Waals surface area contributed by atoms with Crippen LogP contribution in [0.1, 0.15) is 17.2 Å². The Balaban J connectivity index is 2.37. The van der Waals surface area contributed by atoms with E-state index in [4.69, 9.17) is 0 Å². The first-order valence-electron chi connectivity index (χ1n) is 4.65. The average molecular weight is 201 g/mol. The van der Waals surface area contributed by atoms with Crippen molar-refractivity contribution < 1.29 is 10.2 Å². The minimum Gasteiger partial charge on any atom is -0.508 e. The van der Waals surface area contributed by atoms with Crippen LogP contribution in [-0.2, 0) is 0 Å². The van der Waals surface area contributed by atoms with Crippen LogP contribution in [0.25, 0.3) is 0 Å². The topological polar surface area (TPSA) is 53.4 Å². The third-order valence-corrected chi connectivity index (χ3v) is 2.23. The first kappa shape index (κ1) is 9.68. The van der Waals surface area contributed by atoms with Crippen molar-refractivity contribution in [3.63, 3.8) is 0 Å². The Labute approximate surface area is 87.7 Å². The summed E-state index contributed by atoms with van der Waals surface area (Å²) in [7, 11) is 0. The largest absolute Gasteiger partial charge is 0.508 e. The first-order valence-corrected chi connectivity index (χ1v) is 4.65. The van der Waals surface area contributed by atoms with Gasteiger partial charge in [0.25, 0.3) is 0 Å². The highest BCUT2D eigenvalue weighted by molar-refractivity contribution is 5.38. The molecule has 15 heavy (non-hydrogen) atoms. The van der Waals surface area contributed by atoms with Crippen molar-refractivity contribution in [3.8, 4) is 5.75 Å². The van der Waals surface area contributed by atoms with Crippen LogP contribution in [0.5, 0.6) is 5.75 Å². The fourth-order valence-corrected chi connectivity index (χ4v) is 1.44. The molecule has 0 aliphatic carbocycles. The molecule has 0 aliphatic rings. The van der Waals surface area contributed by atoms with Crippen LogP contribution in [0, 0.1) is 0 Å². The molecule has 2 rings (SSSR count). The number of phenols is 1. The molecule has 0 saturated heterocycles. The number of aliphatic hydroxyl groups is 1. The van der Waals surface area contributed by atoms with Crippen LogP contribution < -0.4 is 0 Å². The van der Waals surface area contributed by atoms with Crippen molar-refractivity contribution >= 4 is 0 Å². The van der Waals surface area contributed by atoms with E-state index >= 15 is 0 Å². The van der Waals surface area contributed by atoms with E-state index in [1.54, 1.807) is 48.8 Å². The standard InChI is InChI=1S/C12H11NO2/c14-11-6-2-1-5-10(11)12(15)9-4-3-7-13-8-9/h1-8,12,14-15H. The van der Waals surface area contributed by atoms with E-state index in [0.29, 0.717) is 11.1 Å². The molecule has 0 bridgehead atoms. The molecule has 1 atom stereocenters. The number of benzene rings is 1. The molecule has 1 aromatic carbocycles. The highest BCUT2D eigenvalue weighted by Gasteiger charge is 2.13. The van der Waals surface area contributed by atoms with Crippen LogP contribution in [0.15, 0.2) is 48.8 Å². The van der Waals surface area contributed by atoms with Gasteiger partial charge in [0.1, 0.15) is 11.9 Å². The number of phenolic OH excluding ortho intramolecular Hbond substituents is 1. The smallest absolute Gasteiger partial charge is 0.121 e. The van der Waals surface area contributed by atoms with Crippen molar-refractivity contribution in [2.24, 2.45) is 0 Å². The van der Waals surface area contributed by atoms with E-state index in [9.17, 15) is 10.2 Å². The molecule has 1 unspecified atom stereocenters. The zero-order valence-corrected chi connectivity index (χ0v) is 8.04. The summed E-state index contributed by atoms with van der Waals surface area (Å²) in [6.07, 6.45) is 2.39. The summed E-state index contributed by atoms with van der Waals surface area (Å²) in [6, 6.07) is 10.2. The van der Waals surface area contributed by atoms with Gasteiger partial charge in [-0.3, -0.25) is 4.98 Å². The summed E-state index contributed by atoms with van der Waals surface area (Å²) in [5, 5.41) is 19.5. The van der Waals surface area contributed by atoms with Gasteiger partial charge in [-0.2, -0.15) is 0 Å². The Bertz CT molecular complexity index is 442. The molecule has 2 N–H and O–H groups in total. The van der Waals surface area contributed by atoms with E-state index < -0.39 is 6.10 Å². The van der Waals surface area contributed by atoms with E-state index in [2.05, 4.69) is 4.98 Å². The lowest BCUT2D eigenvalue weighted by atomic mass is 10.0. The lowest BCUT2D eigenvalue weighted by Crippen LogP contribution is -1.99. The first-order chi connectivity index (χ1) is 7.29. The summed E-state index contributed by atoms with van der Waals surface area (Å²) in [5.74, 6) is 0.0915. The number of aromatic nitrogens is 1.